The van der Waals surface area contributed by atoms with Crippen LogP contribution in [-0.4, -0.2) is 5.97 Å². The average molecular weight is 298 g/mol. The van der Waals surface area contributed by atoms with Crippen LogP contribution in [0, 0.1) is 18.6 Å². The van der Waals surface area contributed by atoms with Crippen LogP contribution in [-0.2, 0) is 27.3 Å². The Labute approximate surface area is 93.5 Å². The van der Waals surface area contributed by atoms with Crippen molar-refractivity contribution in [2.75, 3.05) is 0 Å². The summed E-state index contributed by atoms with van der Waals surface area (Å²) < 4.78 is 37.0. The van der Waals surface area contributed by atoms with Crippen molar-refractivity contribution in [2.45, 2.75) is 6.92 Å². The minimum absolute atomic E-state index is 0. The van der Waals surface area contributed by atoms with Gasteiger partial charge in [-0.15, -0.1) is 0 Å². The second-order valence-electron chi connectivity index (χ2n) is 2.42. The molecule has 0 saturated carbocycles. The van der Waals surface area contributed by atoms with Gasteiger partial charge in [-0.3, -0.25) is 0 Å². The van der Waals surface area contributed by atoms with Crippen molar-refractivity contribution in [2.24, 2.45) is 0 Å². The maximum Gasteiger partial charge on any atom is 1.00 e. The number of halogens is 3. The largest absolute Gasteiger partial charge is 1.00 e. The Balaban J connectivity index is 0.00000169. The van der Waals surface area contributed by atoms with Gasteiger partial charge in [0.05, 0.1) is 0 Å². The van der Waals surface area contributed by atoms with Gasteiger partial charge in [-0.1, -0.05) is 6.07 Å². The van der Waals surface area contributed by atoms with Crippen LogP contribution >= 0.6 is 0 Å². The van der Waals surface area contributed by atoms with Crippen LogP contribution in [0.3, 0.4) is 0 Å². The number of hydrogen-bond donors (Lipinski definition) is 0. The second kappa shape index (κ2) is 5.19. The first kappa shape index (κ1) is 13.2. The average Bonchev–Trinajstić information content (AvgIpc) is 2.13. The summed E-state index contributed by atoms with van der Waals surface area (Å²) in [5.41, 5.74) is -0.724. The van der Waals surface area contributed by atoms with Gasteiger partial charge in [-0.25, -0.2) is 18.5 Å². The monoisotopic (exact) mass is 297 g/mol. The molecule has 0 spiro atoms. The van der Waals surface area contributed by atoms with Gasteiger partial charge in [-0.2, -0.15) is 0 Å². The van der Waals surface area contributed by atoms with E-state index < -0.39 is 23.2 Å². The molecule has 0 unspecified atom stereocenters. The van der Waals surface area contributed by atoms with Crippen molar-refractivity contribution >= 4 is 5.97 Å². The topological polar surface area (TPSA) is 26.3 Å². The van der Waals surface area contributed by atoms with Crippen LogP contribution in [0.4, 0.5) is 13.3 Å². The van der Waals surface area contributed by atoms with Crippen molar-refractivity contribution in [3.63, 3.8) is 0 Å². The van der Waals surface area contributed by atoms with E-state index >= 15 is 0 Å². The van der Waals surface area contributed by atoms with Gasteiger partial charge in [0.15, 0.2) is 11.6 Å². The molecule has 80 valence electrons. The van der Waals surface area contributed by atoms with E-state index in [1.807, 2.05) is 0 Å². The van der Waals surface area contributed by atoms with Gasteiger partial charge in [0.1, 0.15) is 5.56 Å². The Bertz CT molecular complexity index is 355. The molecule has 1 aromatic carbocycles. The molecular weight excluding hydrogens is 293 g/mol. The molecule has 2 nitrogen and oxygen atoms in total. The Hall–Kier alpha value is -0.780. The number of carbonyl (C=O) groups excluding carboxylic acids is 1. The Morgan fingerprint density at radius 2 is 1.86 bits per heavy atom. The molecule has 0 amide bonds. The maximum absolute atomic E-state index is 12.9. The van der Waals surface area contributed by atoms with Crippen LogP contribution in [0.2, 0.25) is 0 Å². The third-order valence-electron chi connectivity index (χ3n) is 1.57. The van der Waals surface area contributed by atoms with Gasteiger partial charge in [0.2, 0.25) is 0 Å². The third-order valence-corrected chi connectivity index (χ3v) is 1.57. The molecule has 0 fully saturated rings. The van der Waals surface area contributed by atoms with Gasteiger partial charge < -0.3 is 0 Å². The minimum Gasteiger partial charge on any atom is -0.249 e. The number of rotatable bonds is 1. The quantitative estimate of drug-likeness (QED) is 0.744. The molecule has 1 aromatic rings. The molecule has 0 bridgehead atoms. The Morgan fingerprint density at radius 3 is 2.36 bits per heavy atom. The van der Waals surface area contributed by atoms with E-state index in [0.717, 1.165) is 12.1 Å². The molecule has 6 heteroatoms. The molecule has 0 aliphatic carbocycles. The number of carbonyl (C=O) groups is 1. The van der Waals surface area contributed by atoms with E-state index in [9.17, 15) is 18.1 Å². The normalized spacial score (nSPS) is 9.14. The fraction of sp³-hybridized carbons (Fsp3) is 0.125. The van der Waals surface area contributed by atoms with Crippen molar-refractivity contribution in [1.82, 2.24) is 0 Å². The summed E-state index contributed by atoms with van der Waals surface area (Å²) in [7, 11) is 0. The van der Waals surface area contributed by atoms with Crippen LogP contribution in [0.25, 0.3) is 0 Å². The van der Waals surface area contributed by atoms with Crippen molar-refractivity contribution < 1.29 is 45.4 Å². The molecule has 0 atom stereocenters. The van der Waals surface area contributed by atoms with Crippen molar-refractivity contribution in [1.29, 1.82) is 0 Å². The summed E-state index contributed by atoms with van der Waals surface area (Å²) in [4.78, 5) is 13.3. The van der Waals surface area contributed by atoms with E-state index in [-0.39, 0.29) is 27.9 Å². The zero-order valence-corrected chi connectivity index (χ0v) is 8.39. The smallest absolute Gasteiger partial charge is 0.249 e. The molecule has 0 N–H and O–H groups in total. The van der Waals surface area contributed by atoms with E-state index in [1.165, 1.54) is 6.92 Å². The predicted octanol–water partition coefficient (Wildman–Crippen LogP) is 2.31. The van der Waals surface area contributed by atoms with Crippen molar-refractivity contribution in [3.05, 3.63) is 34.9 Å². The summed E-state index contributed by atoms with van der Waals surface area (Å²) in [6.45, 7) is 1.32. The molecule has 0 aliphatic heterocycles. The Morgan fingerprint density at radius 1 is 1.29 bits per heavy atom. The summed E-state index contributed by atoms with van der Waals surface area (Å²) in [6.07, 6.45) is 0. The number of aryl methyl sites for hydroxylation is 1. The summed E-state index contributed by atoms with van der Waals surface area (Å²) in [5, 5.41) is 0. The standard InChI is InChI=1S/C8H5F3O2.Ag/c1-4-2-3-5(8(12)13-11)7(10)6(4)9;/h2-3H,1H3;/q;+1. The Kier molecular flexibility index (Phi) is 4.90. The van der Waals surface area contributed by atoms with E-state index in [4.69, 9.17) is 0 Å². The fourth-order valence-electron chi connectivity index (χ4n) is 0.845. The van der Waals surface area contributed by atoms with Gasteiger partial charge in [-0.05, 0) is 18.6 Å². The van der Waals surface area contributed by atoms with Crippen molar-refractivity contribution in [3.8, 4) is 0 Å². The summed E-state index contributed by atoms with van der Waals surface area (Å²) >= 11 is 0. The molecular formula is C8H5AgF3O2+. The minimum atomic E-state index is -1.55. The van der Waals surface area contributed by atoms with Crippen LogP contribution in [0.1, 0.15) is 15.9 Å². The predicted molar refractivity (Wildman–Crippen MR) is 37.6 cm³/mol. The molecule has 1 rings (SSSR count). The molecule has 0 heterocycles. The van der Waals surface area contributed by atoms with Crippen LogP contribution in [0.15, 0.2) is 12.1 Å². The molecule has 0 aliphatic rings. The summed E-state index contributed by atoms with van der Waals surface area (Å²) in [6, 6.07) is 2.11. The SMILES string of the molecule is Cc1ccc(C(=O)OF)c(F)c1F.[Ag+]. The molecule has 0 aromatic heterocycles. The number of hydrogen-bond acceptors (Lipinski definition) is 2. The number of benzene rings is 1. The first-order valence-electron chi connectivity index (χ1n) is 3.35. The first-order valence-corrected chi connectivity index (χ1v) is 3.35. The molecule has 0 saturated heterocycles. The van der Waals surface area contributed by atoms with E-state index in [1.54, 1.807) is 0 Å². The van der Waals surface area contributed by atoms with E-state index in [2.05, 4.69) is 4.94 Å². The van der Waals surface area contributed by atoms with E-state index in [0.29, 0.717) is 0 Å². The zero-order valence-electron chi connectivity index (χ0n) is 6.91. The van der Waals surface area contributed by atoms with Gasteiger partial charge in [0, 0.05) is 4.53 Å². The third kappa shape index (κ3) is 2.37. The molecule has 14 heavy (non-hydrogen) atoms. The maximum atomic E-state index is 12.9. The molecule has 0 radical (unpaired) electrons. The van der Waals surface area contributed by atoms with Gasteiger partial charge in [0.25, 0.3) is 0 Å². The second-order valence-corrected chi connectivity index (χ2v) is 2.42. The van der Waals surface area contributed by atoms with Gasteiger partial charge >= 0.3 is 28.3 Å². The zero-order chi connectivity index (χ0) is 10.0. The summed E-state index contributed by atoms with van der Waals surface area (Å²) in [5.74, 6) is -4.12. The fourth-order valence-corrected chi connectivity index (χ4v) is 0.845. The van der Waals surface area contributed by atoms with Crippen LogP contribution < -0.4 is 0 Å². The first-order chi connectivity index (χ1) is 6.07. The van der Waals surface area contributed by atoms with Crippen LogP contribution in [0.5, 0.6) is 0 Å².